The molecule has 1 nitrogen and oxygen atoms in total. The molecule has 0 heterocycles. The summed E-state index contributed by atoms with van der Waals surface area (Å²) < 4.78 is 14.1. The van der Waals surface area contributed by atoms with Gasteiger partial charge in [-0.05, 0) is 31.4 Å². The van der Waals surface area contributed by atoms with Crippen LogP contribution in [0.4, 0.5) is 4.39 Å². The molecular formula is C16H18FN. The summed E-state index contributed by atoms with van der Waals surface area (Å²) in [5, 5.41) is 0. The van der Waals surface area contributed by atoms with E-state index in [2.05, 4.69) is 0 Å². The minimum Gasteiger partial charge on any atom is -0.324 e. The van der Waals surface area contributed by atoms with Crippen LogP contribution in [0.25, 0.3) is 0 Å². The van der Waals surface area contributed by atoms with Gasteiger partial charge in [-0.25, -0.2) is 4.39 Å². The number of benzene rings is 2. The van der Waals surface area contributed by atoms with Crippen LogP contribution in [0.15, 0.2) is 42.5 Å². The van der Waals surface area contributed by atoms with Crippen molar-refractivity contribution in [2.24, 2.45) is 5.73 Å². The SMILES string of the molecule is Cc1cc(C)c(F)c(C(N)Cc2ccccc2)c1. The number of nitrogens with two attached hydrogens (primary N) is 1. The van der Waals surface area contributed by atoms with Gasteiger partial charge in [0.2, 0.25) is 0 Å². The molecule has 0 saturated heterocycles. The van der Waals surface area contributed by atoms with Crippen molar-refractivity contribution in [1.82, 2.24) is 0 Å². The zero-order chi connectivity index (χ0) is 13.1. The summed E-state index contributed by atoms with van der Waals surface area (Å²) >= 11 is 0. The van der Waals surface area contributed by atoms with Crippen LogP contribution in [0.1, 0.15) is 28.3 Å². The minimum absolute atomic E-state index is 0.177. The molecule has 0 bridgehead atoms. The Morgan fingerprint density at radius 2 is 1.78 bits per heavy atom. The Bertz CT molecular complexity index is 534. The second kappa shape index (κ2) is 5.32. The Kier molecular flexibility index (Phi) is 3.78. The van der Waals surface area contributed by atoms with Gasteiger partial charge in [0, 0.05) is 11.6 Å². The van der Waals surface area contributed by atoms with E-state index >= 15 is 0 Å². The maximum atomic E-state index is 14.1. The van der Waals surface area contributed by atoms with E-state index in [1.807, 2.05) is 49.4 Å². The monoisotopic (exact) mass is 243 g/mol. The lowest BCUT2D eigenvalue weighted by atomic mass is 9.96. The number of hydrogen-bond donors (Lipinski definition) is 1. The first-order valence-electron chi connectivity index (χ1n) is 6.14. The van der Waals surface area contributed by atoms with Gasteiger partial charge in [0.25, 0.3) is 0 Å². The van der Waals surface area contributed by atoms with Crippen molar-refractivity contribution in [3.63, 3.8) is 0 Å². The average molecular weight is 243 g/mol. The molecule has 0 amide bonds. The van der Waals surface area contributed by atoms with Crippen LogP contribution >= 0.6 is 0 Å². The van der Waals surface area contributed by atoms with E-state index in [9.17, 15) is 4.39 Å². The molecule has 1 atom stereocenters. The van der Waals surface area contributed by atoms with E-state index in [1.54, 1.807) is 6.92 Å². The molecule has 18 heavy (non-hydrogen) atoms. The fraction of sp³-hybridized carbons (Fsp3) is 0.250. The Balaban J connectivity index is 2.26. The van der Waals surface area contributed by atoms with Gasteiger partial charge in [-0.1, -0.05) is 48.0 Å². The normalized spacial score (nSPS) is 12.4. The maximum absolute atomic E-state index is 14.1. The fourth-order valence-electron chi connectivity index (χ4n) is 2.23. The number of hydrogen-bond acceptors (Lipinski definition) is 1. The Morgan fingerprint density at radius 1 is 1.11 bits per heavy atom. The first-order chi connectivity index (χ1) is 8.58. The highest BCUT2D eigenvalue weighted by atomic mass is 19.1. The van der Waals surface area contributed by atoms with E-state index in [0.717, 1.165) is 11.1 Å². The fourth-order valence-corrected chi connectivity index (χ4v) is 2.23. The van der Waals surface area contributed by atoms with Gasteiger partial charge >= 0.3 is 0 Å². The van der Waals surface area contributed by atoms with Gasteiger partial charge in [0.1, 0.15) is 5.82 Å². The first kappa shape index (κ1) is 12.8. The van der Waals surface area contributed by atoms with E-state index in [0.29, 0.717) is 17.5 Å². The van der Waals surface area contributed by atoms with E-state index in [1.165, 1.54) is 0 Å². The smallest absolute Gasteiger partial charge is 0.130 e. The Labute approximate surface area is 107 Å². The van der Waals surface area contributed by atoms with E-state index in [-0.39, 0.29) is 11.9 Å². The molecule has 2 aromatic carbocycles. The Morgan fingerprint density at radius 3 is 2.44 bits per heavy atom. The van der Waals surface area contributed by atoms with Gasteiger partial charge < -0.3 is 5.73 Å². The summed E-state index contributed by atoms with van der Waals surface area (Å²) in [7, 11) is 0. The number of halogens is 1. The van der Waals surface area contributed by atoms with Crippen molar-refractivity contribution in [3.05, 3.63) is 70.5 Å². The van der Waals surface area contributed by atoms with Gasteiger partial charge in [0.05, 0.1) is 0 Å². The third-order valence-corrected chi connectivity index (χ3v) is 3.12. The minimum atomic E-state index is -0.300. The topological polar surface area (TPSA) is 26.0 Å². The lowest BCUT2D eigenvalue weighted by molar-refractivity contribution is 0.572. The van der Waals surface area contributed by atoms with Gasteiger partial charge in [-0.2, -0.15) is 0 Å². The molecule has 0 spiro atoms. The van der Waals surface area contributed by atoms with Gasteiger partial charge in [-0.15, -0.1) is 0 Å². The van der Waals surface area contributed by atoms with Gasteiger partial charge in [0.15, 0.2) is 0 Å². The summed E-state index contributed by atoms with van der Waals surface area (Å²) in [5.41, 5.74) is 9.57. The second-order valence-corrected chi connectivity index (χ2v) is 4.78. The van der Waals surface area contributed by atoms with Crippen LogP contribution in [0, 0.1) is 19.7 Å². The molecule has 0 aliphatic heterocycles. The zero-order valence-electron chi connectivity index (χ0n) is 10.8. The lowest BCUT2D eigenvalue weighted by Crippen LogP contribution is -2.16. The van der Waals surface area contributed by atoms with Crippen molar-refractivity contribution in [3.8, 4) is 0 Å². The standard InChI is InChI=1S/C16H18FN/c1-11-8-12(2)16(17)14(9-11)15(18)10-13-6-4-3-5-7-13/h3-9,15H,10,18H2,1-2H3. The predicted molar refractivity (Wildman–Crippen MR) is 72.9 cm³/mol. The molecule has 2 rings (SSSR count). The summed E-state index contributed by atoms with van der Waals surface area (Å²) in [6, 6.07) is 13.3. The van der Waals surface area contributed by atoms with E-state index in [4.69, 9.17) is 5.73 Å². The van der Waals surface area contributed by atoms with Crippen LogP contribution in [-0.2, 0) is 6.42 Å². The molecule has 0 saturated carbocycles. The van der Waals surface area contributed by atoms with Crippen molar-refractivity contribution in [2.75, 3.05) is 0 Å². The summed E-state index contributed by atoms with van der Waals surface area (Å²) in [4.78, 5) is 0. The molecule has 0 fully saturated rings. The lowest BCUT2D eigenvalue weighted by Gasteiger charge is -2.15. The van der Waals surface area contributed by atoms with Crippen LogP contribution in [0.2, 0.25) is 0 Å². The molecule has 2 aromatic rings. The highest BCUT2D eigenvalue weighted by Crippen LogP contribution is 2.23. The summed E-state index contributed by atoms with van der Waals surface area (Å²) in [6.07, 6.45) is 0.653. The van der Waals surface area contributed by atoms with Crippen molar-refractivity contribution >= 4 is 0 Å². The number of rotatable bonds is 3. The van der Waals surface area contributed by atoms with Crippen LogP contribution in [0.3, 0.4) is 0 Å². The van der Waals surface area contributed by atoms with Crippen molar-refractivity contribution in [1.29, 1.82) is 0 Å². The molecular weight excluding hydrogens is 225 g/mol. The van der Waals surface area contributed by atoms with Crippen LogP contribution in [-0.4, -0.2) is 0 Å². The largest absolute Gasteiger partial charge is 0.324 e. The third kappa shape index (κ3) is 2.77. The maximum Gasteiger partial charge on any atom is 0.130 e. The summed E-state index contributed by atoms with van der Waals surface area (Å²) in [6.45, 7) is 3.74. The molecule has 0 aliphatic carbocycles. The molecule has 2 heteroatoms. The predicted octanol–water partition coefficient (Wildman–Crippen LogP) is 3.69. The molecule has 2 N–H and O–H groups in total. The molecule has 0 radical (unpaired) electrons. The van der Waals surface area contributed by atoms with Crippen LogP contribution < -0.4 is 5.73 Å². The Hall–Kier alpha value is -1.67. The second-order valence-electron chi connectivity index (χ2n) is 4.78. The van der Waals surface area contributed by atoms with Gasteiger partial charge in [-0.3, -0.25) is 0 Å². The number of aryl methyl sites for hydroxylation is 2. The molecule has 0 aromatic heterocycles. The van der Waals surface area contributed by atoms with Crippen molar-refractivity contribution < 1.29 is 4.39 Å². The van der Waals surface area contributed by atoms with Crippen LogP contribution in [0.5, 0.6) is 0 Å². The summed E-state index contributed by atoms with van der Waals surface area (Å²) in [5.74, 6) is -0.177. The molecule has 1 unspecified atom stereocenters. The molecule has 0 aliphatic rings. The highest BCUT2D eigenvalue weighted by molar-refractivity contribution is 5.33. The quantitative estimate of drug-likeness (QED) is 0.874. The van der Waals surface area contributed by atoms with E-state index < -0.39 is 0 Å². The first-order valence-corrected chi connectivity index (χ1v) is 6.14. The van der Waals surface area contributed by atoms with Crippen molar-refractivity contribution in [2.45, 2.75) is 26.3 Å². The highest BCUT2D eigenvalue weighted by Gasteiger charge is 2.14. The molecule has 94 valence electrons. The third-order valence-electron chi connectivity index (χ3n) is 3.12. The average Bonchev–Trinajstić information content (AvgIpc) is 2.35. The zero-order valence-corrected chi connectivity index (χ0v) is 10.8.